The zero-order valence-corrected chi connectivity index (χ0v) is 6.63. The highest BCUT2D eigenvalue weighted by Crippen LogP contribution is 2.17. The molecule has 0 atom stereocenters. The number of rotatable bonds is 2. The number of methoxy groups -OCH3 is 1. The summed E-state index contributed by atoms with van der Waals surface area (Å²) in [5.74, 6) is 0.840. The van der Waals surface area contributed by atoms with Crippen molar-refractivity contribution >= 4 is 6.08 Å². The summed E-state index contributed by atoms with van der Waals surface area (Å²) in [4.78, 5) is 0. The van der Waals surface area contributed by atoms with Crippen LogP contribution in [0.4, 0.5) is 0 Å². The first-order valence-electron chi connectivity index (χ1n) is 3.40. The highest BCUT2D eigenvalue weighted by molar-refractivity contribution is 5.55. The SMILES string of the molecule is [CH2]c1ccc(OC)cc1C=C. The molecule has 57 valence electrons. The number of hydrogen-bond acceptors (Lipinski definition) is 1. The van der Waals surface area contributed by atoms with E-state index in [1.165, 1.54) is 0 Å². The van der Waals surface area contributed by atoms with Crippen LogP contribution in [0.1, 0.15) is 11.1 Å². The second kappa shape index (κ2) is 3.24. The van der Waals surface area contributed by atoms with E-state index in [-0.39, 0.29) is 0 Å². The Labute approximate surface area is 67.3 Å². The summed E-state index contributed by atoms with van der Waals surface area (Å²) >= 11 is 0. The van der Waals surface area contributed by atoms with Gasteiger partial charge in [0.2, 0.25) is 0 Å². The van der Waals surface area contributed by atoms with Gasteiger partial charge in [0.05, 0.1) is 7.11 Å². The lowest BCUT2D eigenvalue weighted by Gasteiger charge is -2.03. The van der Waals surface area contributed by atoms with Gasteiger partial charge in [-0.25, -0.2) is 0 Å². The lowest BCUT2D eigenvalue weighted by atomic mass is 10.1. The van der Waals surface area contributed by atoms with Crippen LogP contribution in [0, 0.1) is 6.92 Å². The van der Waals surface area contributed by atoms with Crippen molar-refractivity contribution in [3.8, 4) is 5.75 Å². The molecule has 11 heavy (non-hydrogen) atoms. The molecule has 0 saturated carbocycles. The molecule has 0 aliphatic carbocycles. The monoisotopic (exact) mass is 147 g/mol. The van der Waals surface area contributed by atoms with Gasteiger partial charge in [-0.05, 0) is 30.2 Å². The minimum Gasteiger partial charge on any atom is -0.497 e. The minimum absolute atomic E-state index is 0.840. The van der Waals surface area contributed by atoms with Gasteiger partial charge in [0.25, 0.3) is 0 Å². The molecular formula is C10H11O. The normalized spacial score (nSPS) is 9.27. The standard InChI is InChI=1S/C10H11O/c1-4-9-7-10(11-3)6-5-8(9)2/h4-7H,1-2H2,3H3. The van der Waals surface area contributed by atoms with E-state index in [0.717, 1.165) is 16.9 Å². The molecule has 1 aromatic carbocycles. The van der Waals surface area contributed by atoms with Crippen molar-refractivity contribution in [1.29, 1.82) is 0 Å². The van der Waals surface area contributed by atoms with E-state index in [1.807, 2.05) is 18.2 Å². The maximum Gasteiger partial charge on any atom is 0.119 e. The molecular weight excluding hydrogens is 136 g/mol. The Bertz CT molecular complexity index is 264. The van der Waals surface area contributed by atoms with Crippen LogP contribution in [0.3, 0.4) is 0 Å². The van der Waals surface area contributed by atoms with Crippen LogP contribution >= 0.6 is 0 Å². The summed E-state index contributed by atoms with van der Waals surface area (Å²) in [5.41, 5.74) is 1.99. The van der Waals surface area contributed by atoms with Gasteiger partial charge in [-0.15, -0.1) is 0 Å². The van der Waals surface area contributed by atoms with E-state index in [2.05, 4.69) is 13.5 Å². The Morgan fingerprint density at radius 3 is 2.73 bits per heavy atom. The first-order chi connectivity index (χ1) is 5.27. The highest BCUT2D eigenvalue weighted by atomic mass is 16.5. The van der Waals surface area contributed by atoms with Crippen molar-refractivity contribution in [3.63, 3.8) is 0 Å². The van der Waals surface area contributed by atoms with Crippen LogP contribution in [0.2, 0.25) is 0 Å². The molecule has 0 saturated heterocycles. The molecule has 0 bridgehead atoms. The maximum absolute atomic E-state index is 5.04. The van der Waals surface area contributed by atoms with Gasteiger partial charge >= 0.3 is 0 Å². The van der Waals surface area contributed by atoms with E-state index in [1.54, 1.807) is 13.2 Å². The van der Waals surface area contributed by atoms with Crippen LogP contribution < -0.4 is 4.74 Å². The van der Waals surface area contributed by atoms with E-state index < -0.39 is 0 Å². The Kier molecular flexibility index (Phi) is 2.32. The molecule has 0 aliphatic rings. The third-order valence-electron chi connectivity index (χ3n) is 1.57. The van der Waals surface area contributed by atoms with Gasteiger partial charge in [-0.1, -0.05) is 18.7 Å². The molecule has 0 N–H and O–H groups in total. The van der Waals surface area contributed by atoms with Gasteiger partial charge in [0.1, 0.15) is 5.75 Å². The van der Waals surface area contributed by atoms with E-state index >= 15 is 0 Å². The average molecular weight is 147 g/mol. The van der Waals surface area contributed by atoms with Crippen LogP contribution in [-0.4, -0.2) is 7.11 Å². The van der Waals surface area contributed by atoms with Gasteiger partial charge in [-0.3, -0.25) is 0 Å². The quantitative estimate of drug-likeness (QED) is 0.624. The van der Waals surface area contributed by atoms with E-state index in [0.29, 0.717) is 0 Å². The first-order valence-corrected chi connectivity index (χ1v) is 3.40. The van der Waals surface area contributed by atoms with Crippen molar-refractivity contribution in [2.24, 2.45) is 0 Å². The largest absolute Gasteiger partial charge is 0.497 e. The number of hydrogen-bond donors (Lipinski definition) is 0. The molecule has 1 radical (unpaired) electrons. The minimum atomic E-state index is 0.840. The zero-order chi connectivity index (χ0) is 8.27. The molecule has 0 spiro atoms. The fraction of sp³-hybridized carbons (Fsp3) is 0.100. The van der Waals surface area contributed by atoms with Gasteiger partial charge in [0.15, 0.2) is 0 Å². The summed E-state index contributed by atoms with van der Waals surface area (Å²) in [5, 5.41) is 0. The molecule has 0 heterocycles. The molecule has 0 aromatic heterocycles. The van der Waals surface area contributed by atoms with E-state index in [4.69, 9.17) is 4.74 Å². The Morgan fingerprint density at radius 2 is 2.18 bits per heavy atom. The molecule has 0 aliphatic heterocycles. The summed E-state index contributed by atoms with van der Waals surface area (Å²) in [6, 6.07) is 5.71. The maximum atomic E-state index is 5.04. The van der Waals surface area contributed by atoms with E-state index in [9.17, 15) is 0 Å². The van der Waals surface area contributed by atoms with Gasteiger partial charge in [-0.2, -0.15) is 0 Å². The lowest BCUT2D eigenvalue weighted by molar-refractivity contribution is 0.414. The Hall–Kier alpha value is -1.24. The fourth-order valence-electron chi connectivity index (χ4n) is 0.890. The Morgan fingerprint density at radius 1 is 1.45 bits per heavy atom. The predicted molar refractivity (Wildman–Crippen MR) is 47.5 cm³/mol. The second-order valence-electron chi connectivity index (χ2n) is 2.27. The smallest absolute Gasteiger partial charge is 0.119 e. The molecule has 0 unspecified atom stereocenters. The van der Waals surface area contributed by atoms with Crippen molar-refractivity contribution in [3.05, 3.63) is 42.8 Å². The van der Waals surface area contributed by atoms with Crippen LogP contribution in [0.25, 0.3) is 6.08 Å². The van der Waals surface area contributed by atoms with Crippen molar-refractivity contribution in [2.45, 2.75) is 0 Å². The third-order valence-corrected chi connectivity index (χ3v) is 1.57. The molecule has 0 fully saturated rings. The van der Waals surface area contributed by atoms with Gasteiger partial charge in [0, 0.05) is 0 Å². The average Bonchev–Trinajstić information content (AvgIpc) is 2.05. The molecule has 1 nitrogen and oxygen atoms in total. The van der Waals surface area contributed by atoms with Crippen LogP contribution in [0.5, 0.6) is 5.75 Å². The molecule has 1 rings (SSSR count). The third kappa shape index (κ3) is 1.61. The lowest BCUT2D eigenvalue weighted by Crippen LogP contribution is -1.85. The predicted octanol–water partition coefficient (Wildman–Crippen LogP) is 2.52. The fourth-order valence-corrected chi connectivity index (χ4v) is 0.890. The second-order valence-corrected chi connectivity index (χ2v) is 2.27. The number of ether oxygens (including phenoxy) is 1. The van der Waals surface area contributed by atoms with Crippen LogP contribution in [-0.2, 0) is 0 Å². The summed E-state index contributed by atoms with van der Waals surface area (Å²) in [7, 11) is 1.64. The van der Waals surface area contributed by atoms with Crippen molar-refractivity contribution in [1.82, 2.24) is 0 Å². The summed E-state index contributed by atoms with van der Waals surface area (Å²) < 4.78 is 5.04. The topological polar surface area (TPSA) is 9.23 Å². The molecule has 1 aromatic rings. The first kappa shape index (κ1) is 7.86. The zero-order valence-electron chi connectivity index (χ0n) is 6.63. The summed E-state index contributed by atoms with van der Waals surface area (Å²) in [6.45, 7) is 7.51. The highest BCUT2D eigenvalue weighted by Gasteiger charge is 1.95. The van der Waals surface area contributed by atoms with Crippen LogP contribution in [0.15, 0.2) is 24.8 Å². The van der Waals surface area contributed by atoms with Gasteiger partial charge < -0.3 is 4.74 Å². The van der Waals surface area contributed by atoms with Crippen molar-refractivity contribution < 1.29 is 4.74 Å². The van der Waals surface area contributed by atoms with Crippen molar-refractivity contribution in [2.75, 3.05) is 7.11 Å². The number of benzene rings is 1. The summed E-state index contributed by atoms with van der Waals surface area (Å²) in [6.07, 6.45) is 1.77. The molecule has 1 heteroatoms. The molecule has 0 amide bonds. The Balaban J connectivity index is 3.12.